The summed E-state index contributed by atoms with van der Waals surface area (Å²) in [6.45, 7) is 8.89. The van der Waals surface area contributed by atoms with Crippen molar-refractivity contribution >= 4 is 0 Å². The highest BCUT2D eigenvalue weighted by atomic mass is 16.5. The molecule has 6 heteroatoms. The summed E-state index contributed by atoms with van der Waals surface area (Å²) >= 11 is 0. The quantitative estimate of drug-likeness (QED) is 0.412. The summed E-state index contributed by atoms with van der Waals surface area (Å²) in [7, 11) is 1.67. The molecule has 0 amide bonds. The Morgan fingerprint density at radius 2 is 1.71 bits per heavy atom. The molecule has 0 radical (unpaired) electrons. The molecule has 0 aromatic heterocycles. The van der Waals surface area contributed by atoms with Crippen molar-refractivity contribution in [3.05, 3.63) is 0 Å². The molecule has 21 heavy (non-hydrogen) atoms. The second-order valence-electron chi connectivity index (χ2n) is 5.16. The monoisotopic (exact) mass is 307 g/mol. The lowest BCUT2D eigenvalue weighted by atomic mass is 10.3. The van der Waals surface area contributed by atoms with E-state index in [1.54, 1.807) is 7.11 Å². The second kappa shape index (κ2) is 16.1. The molecule has 1 unspecified atom stereocenters. The lowest BCUT2D eigenvalue weighted by Crippen LogP contribution is -2.31. The van der Waals surface area contributed by atoms with E-state index >= 15 is 0 Å². The fraction of sp³-hybridized carbons (Fsp3) is 1.00. The highest BCUT2D eigenvalue weighted by Gasteiger charge is 2.03. The van der Waals surface area contributed by atoms with Gasteiger partial charge in [-0.1, -0.05) is 0 Å². The van der Waals surface area contributed by atoms with Crippen LogP contribution >= 0.6 is 0 Å². The zero-order valence-corrected chi connectivity index (χ0v) is 13.8. The lowest BCUT2D eigenvalue weighted by molar-refractivity contribution is -0.00995. The minimum Gasteiger partial charge on any atom is -0.389 e. The molecule has 0 fully saturated rings. The van der Waals surface area contributed by atoms with Crippen molar-refractivity contribution in [1.29, 1.82) is 0 Å². The van der Waals surface area contributed by atoms with Gasteiger partial charge in [-0.2, -0.15) is 0 Å². The molecule has 0 aliphatic rings. The van der Waals surface area contributed by atoms with Crippen molar-refractivity contribution in [3.8, 4) is 0 Å². The van der Waals surface area contributed by atoms with E-state index in [4.69, 9.17) is 18.9 Å². The maximum atomic E-state index is 9.69. The van der Waals surface area contributed by atoms with Crippen LogP contribution in [-0.4, -0.2) is 77.2 Å². The molecule has 0 saturated carbocycles. The van der Waals surface area contributed by atoms with E-state index in [0.717, 1.165) is 26.0 Å². The average Bonchev–Trinajstić information content (AvgIpc) is 2.45. The van der Waals surface area contributed by atoms with Crippen LogP contribution < -0.4 is 5.32 Å². The molecule has 6 nitrogen and oxygen atoms in total. The third-order valence-electron chi connectivity index (χ3n) is 2.69. The molecule has 2 N–H and O–H groups in total. The zero-order valence-electron chi connectivity index (χ0n) is 13.8. The van der Waals surface area contributed by atoms with E-state index < -0.39 is 6.10 Å². The molecule has 0 spiro atoms. The van der Waals surface area contributed by atoms with Crippen LogP contribution in [0, 0.1) is 0 Å². The summed E-state index contributed by atoms with van der Waals surface area (Å²) in [6, 6.07) is 0. The maximum Gasteiger partial charge on any atom is 0.0897 e. The Kier molecular flexibility index (Phi) is 16.0. The number of nitrogens with one attached hydrogen (secondary N) is 1. The van der Waals surface area contributed by atoms with Gasteiger partial charge in [0.1, 0.15) is 0 Å². The number of methoxy groups -OCH3 is 1. The van der Waals surface area contributed by atoms with Crippen molar-refractivity contribution in [3.63, 3.8) is 0 Å². The van der Waals surface area contributed by atoms with Gasteiger partial charge in [0.05, 0.1) is 45.2 Å². The molecule has 0 aromatic rings. The molecule has 0 aliphatic carbocycles. The van der Waals surface area contributed by atoms with Gasteiger partial charge in [-0.05, 0) is 33.2 Å². The van der Waals surface area contributed by atoms with E-state index in [1.807, 2.05) is 13.8 Å². The van der Waals surface area contributed by atoms with Crippen LogP contribution in [0.1, 0.15) is 26.7 Å². The van der Waals surface area contributed by atoms with Crippen LogP contribution in [0.25, 0.3) is 0 Å². The first kappa shape index (κ1) is 20.8. The van der Waals surface area contributed by atoms with Gasteiger partial charge < -0.3 is 29.4 Å². The minimum atomic E-state index is -0.470. The normalized spacial score (nSPS) is 13.0. The number of hydrogen-bond donors (Lipinski definition) is 2. The van der Waals surface area contributed by atoms with E-state index in [0.29, 0.717) is 39.6 Å². The molecule has 0 saturated heterocycles. The highest BCUT2D eigenvalue weighted by molar-refractivity contribution is 4.58. The molecule has 0 aliphatic heterocycles. The Bertz CT molecular complexity index is 205. The summed E-state index contributed by atoms with van der Waals surface area (Å²) in [4.78, 5) is 0. The number of hydrogen-bond acceptors (Lipinski definition) is 6. The van der Waals surface area contributed by atoms with Crippen LogP contribution in [-0.2, 0) is 18.9 Å². The molecule has 128 valence electrons. The predicted molar refractivity (Wildman–Crippen MR) is 82.7 cm³/mol. The smallest absolute Gasteiger partial charge is 0.0897 e. The van der Waals surface area contributed by atoms with E-state index in [2.05, 4.69) is 5.32 Å². The Morgan fingerprint density at radius 1 is 0.952 bits per heavy atom. The Labute approximate surface area is 129 Å². The zero-order chi connectivity index (χ0) is 15.8. The third-order valence-corrected chi connectivity index (χ3v) is 2.69. The maximum absolute atomic E-state index is 9.69. The molecular formula is C15H33NO5. The van der Waals surface area contributed by atoms with Crippen LogP contribution in [0.3, 0.4) is 0 Å². The Morgan fingerprint density at radius 3 is 2.43 bits per heavy atom. The van der Waals surface area contributed by atoms with Gasteiger partial charge >= 0.3 is 0 Å². The number of unbranched alkanes of at least 4 members (excludes halogenated alkanes) is 1. The summed E-state index contributed by atoms with van der Waals surface area (Å²) < 4.78 is 20.9. The van der Waals surface area contributed by atoms with Crippen molar-refractivity contribution in [2.45, 2.75) is 38.9 Å². The SMILES string of the molecule is COCCOCCCCNCC(O)COCCOC(C)C. The van der Waals surface area contributed by atoms with Gasteiger partial charge in [0.15, 0.2) is 0 Å². The summed E-state index contributed by atoms with van der Waals surface area (Å²) in [5.74, 6) is 0. The van der Waals surface area contributed by atoms with Crippen LogP contribution in [0.4, 0.5) is 0 Å². The fourth-order valence-corrected chi connectivity index (χ4v) is 1.59. The molecular weight excluding hydrogens is 274 g/mol. The van der Waals surface area contributed by atoms with E-state index in [9.17, 15) is 5.11 Å². The first-order valence-electron chi connectivity index (χ1n) is 7.81. The summed E-state index contributed by atoms with van der Waals surface area (Å²) in [5.41, 5.74) is 0. The van der Waals surface area contributed by atoms with Gasteiger partial charge in [-0.15, -0.1) is 0 Å². The fourth-order valence-electron chi connectivity index (χ4n) is 1.59. The van der Waals surface area contributed by atoms with Crippen molar-refractivity contribution in [2.24, 2.45) is 0 Å². The third kappa shape index (κ3) is 17.7. The number of rotatable bonds is 16. The van der Waals surface area contributed by atoms with Crippen LogP contribution in [0.5, 0.6) is 0 Å². The number of ether oxygens (including phenoxy) is 4. The summed E-state index contributed by atoms with van der Waals surface area (Å²) in [5, 5.41) is 12.9. The van der Waals surface area contributed by atoms with Crippen molar-refractivity contribution < 1.29 is 24.1 Å². The van der Waals surface area contributed by atoms with Crippen molar-refractivity contribution in [1.82, 2.24) is 5.32 Å². The van der Waals surface area contributed by atoms with E-state index in [-0.39, 0.29) is 6.10 Å². The van der Waals surface area contributed by atoms with Crippen LogP contribution in [0.15, 0.2) is 0 Å². The largest absolute Gasteiger partial charge is 0.389 e. The number of aliphatic hydroxyl groups is 1. The number of aliphatic hydroxyl groups excluding tert-OH is 1. The second-order valence-corrected chi connectivity index (χ2v) is 5.16. The Hall–Kier alpha value is -0.240. The standard InChI is InChI=1S/C15H33NO5/c1-14(2)21-11-10-20-13-15(17)12-16-6-4-5-7-19-9-8-18-3/h14-17H,4-13H2,1-3H3. The van der Waals surface area contributed by atoms with Gasteiger partial charge in [0, 0.05) is 20.3 Å². The lowest BCUT2D eigenvalue weighted by Gasteiger charge is -2.13. The van der Waals surface area contributed by atoms with Crippen molar-refractivity contribution in [2.75, 3.05) is 59.8 Å². The first-order chi connectivity index (χ1) is 10.2. The Balaban J connectivity index is 3.14. The van der Waals surface area contributed by atoms with Gasteiger partial charge in [0.25, 0.3) is 0 Å². The van der Waals surface area contributed by atoms with Gasteiger partial charge in [-0.25, -0.2) is 0 Å². The topological polar surface area (TPSA) is 69.2 Å². The first-order valence-corrected chi connectivity index (χ1v) is 7.81. The average molecular weight is 307 g/mol. The molecule has 0 aromatic carbocycles. The minimum absolute atomic E-state index is 0.221. The molecule has 0 rings (SSSR count). The highest BCUT2D eigenvalue weighted by Crippen LogP contribution is 1.91. The summed E-state index contributed by atoms with van der Waals surface area (Å²) in [6.07, 6.45) is 1.79. The predicted octanol–water partition coefficient (Wildman–Crippen LogP) is 0.822. The van der Waals surface area contributed by atoms with Crippen LogP contribution in [0.2, 0.25) is 0 Å². The molecule has 0 bridgehead atoms. The van der Waals surface area contributed by atoms with E-state index in [1.165, 1.54) is 0 Å². The van der Waals surface area contributed by atoms with Gasteiger partial charge in [0.2, 0.25) is 0 Å². The molecule has 1 atom stereocenters. The molecule has 0 heterocycles. The van der Waals surface area contributed by atoms with Gasteiger partial charge in [-0.3, -0.25) is 0 Å².